The first-order valence-electron chi connectivity index (χ1n) is 4.07. The van der Waals surface area contributed by atoms with Gasteiger partial charge in [0.2, 0.25) is 5.69 Å². The van der Waals surface area contributed by atoms with Crippen molar-refractivity contribution in [3.63, 3.8) is 0 Å². The van der Waals surface area contributed by atoms with Crippen LogP contribution in [0.25, 0.3) is 0 Å². The van der Waals surface area contributed by atoms with Gasteiger partial charge in [-0.25, -0.2) is 15.2 Å². The highest BCUT2D eigenvalue weighted by Gasteiger charge is 2.10. The van der Waals surface area contributed by atoms with Crippen LogP contribution < -0.4 is 10.5 Å². The standard InChI is InChI=1S/C7H12N4O3/c1-5-9-4-6(11(13)14)7(10-5)8-2-3-12/h4,11-13H,2-3H2,1H3,(H,8,9,10). The molecular formula is C7H12N4O3. The van der Waals surface area contributed by atoms with Crippen LogP contribution in [0.5, 0.6) is 0 Å². The van der Waals surface area contributed by atoms with Crippen molar-refractivity contribution in [1.82, 2.24) is 9.97 Å². The molecule has 0 spiro atoms. The fourth-order valence-electron chi connectivity index (χ4n) is 0.936. The third kappa shape index (κ3) is 2.60. The van der Waals surface area contributed by atoms with Crippen molar-refractivity contribution in [2.24, 2.45) is 0 Å². The van der Waals surface area contributed by atoms with Gasteiger partial charge in [-0.2, -0.15) is 5.23 Å². The summed E-state index contributed by atoms with van der Waals surface area (Å²) in [6.07, 6.45) is 1.24. The molecule has 78 valence electrons. The number of nitrogens with zero attached hydrogens (tertiary/aromatic N) is 2. The van der Waals surface area contributed by atoms with Crippen molar-refractivity contribution >= 4 is 11.5 Å². The third-order valence-corrected chi connectivity index (χ3v) is 1.54. The molecule has 0 aliphatic carbocycles. The summed E-state index contributed by atoms with van der Waals surface area (Å²) in [5, 5.41) is 29.7. The van der Waals surface area contributed by atoms with Gasteiger partial charge in [0.05, 0.1) is 12.8 Å². The lowest BCUT2D eigenvalue weighted by Crippen LogP contribution is -2.99. The van der Waals surface area contributed by atoms with Crippen molar-refractivity contribution < 1.29 is 15.5 Å². The molecule has 1 aromatic rings. The molecular weight excluding hydrogens is 188 g/mol. The first-order valence-corrected chi connectivity index (χ1v) is 4.07. The van der Waals surface area contributed by atoms with Gasteiger partial charge in [-0.3, -0.25) is 0 Å². The second-order valence-electron chi connectivity index (χ2n) is 2.64. The third-order valence-electron chi connectivity index (χ3n) is 1.54. The Morgan fingerprint density at radius 1 is 1.64 bits per heavy atom. The Bertz CT molecular complexity index is 305. The molecule has 0 radical (unpaired) electrons. The van der Waals surface area contributed by atoms with E-state index >= 15 is 0 Å². The van der Waals surface area contributed by atoms with Crippen molar-refractivity contribution in [2.75, 3.05) is 18.5 Å². The van der Waals surface area contributed by atoms with Gasteiger partial charge in [0.25, 0.3) is 0 Å². The van der Waals surface area contributed by atoms with E-state index in [1.54, 1.807) is 6.92 Å². The summed E-state index contributed by atoms with van der Waals surface area (Å²) in [7, 11) is 0. The summed E-state index contributed by atoms with van der Waals surface area (Å²) in [5.41, 5.74) is 0.00375. The number of anilines is 1. The maximum absolute atomic E-state index is 10.7. The normalized spacial score (nSPS) is 12.6. The SMILES string of the molecule is Cc1ncc([NH+]([O-])O)c(NCCO)n1. The highest BCUT2D eigenvalue weighted by atomic mass is 16.8. The second kappa shape index (κ2) is 4.82. The van der Waals surface area contributed by atoms with Gasteiger partial charge in [0.15, 0.2) is 5.82 Å². The summed E-state index contributed by atoms with van der Waals surface area (Å²) in [4.78, 5) is 7.69. The van der Waals surface area contributed by atoms with Crippen molar-refractivity contribution in [3.8, 4) is 0 Å². The van der Waals surface area contributed by atoms with Gasteiger partial charge in [-0.15, -0.1) is 0 Å². The molecule has 0 aliphatic rings. The van der Waals surface area contributed by atoms with Crippen LogP contribution in [0.1, 0.15) is 5.82 Å². The minimum absolute atomic E-state index is 0.00375. The molecule has 1 heterocycles. The molecule has 7 nitrogen and oxygen atoms in total. The second-order valence-corrected chi connectivity index (χ2v) is 2.64. The van der Waals surface area contributed by atoms with Gasteiger partial charge in [-0.1, -0.05) is 0 Å². The average molecular weight is 200 g/mol. The number of rotatable bonds is 4. The quantitative estimate of drug-likeness (QED) is 0.445. The summed E-state index contributed by atoms with van der Waals surface area (Å²) < 4.78 is 0. The van der Waals surface area contributed by atoms with E-state index in [4.69, 9.17) is 10.3 Å². The fourth-order valence-corrected chi connectivity index (χ4v) is 0.936. The van der Waals surface area contributed by atoms with Crippen molar-refractivity contribution in [1.29, 1.82) is 0 Å². The van der Waals surface area contributed by atoms with E-state index in [2.05, 4.69) is 15.3 Å². The summed E-state index contributed by atoms with van der Waals surface area (Å²) in [6.45, 7) is 1.84. The Kier molecular flexibility index (Phi) is 3.72. The summed E-state index contributed by atoms with van der Waals surface area (Å²) >= 11 is 0. The van der Waals surface area contributed by atoms with E-state index in [0.29, 0.717) is 5.82 Å². The topological polar surface area (TPSA) is 106 Å². The van der Waals surface area contributed by atoms with Crippen LogP contribution >= 0.6 is 0 Å². The molecule has 1 unspecified atom stereocenters. The Hall–Kier alpha value is -1.28. The Morgan fingerprint density at radius 3 is 2.93 bits per heavy atom. The number of aromatic nitrogens is 2. The number of quaternary nitrogens is 1. The van der Waals surface area contributed by atoms with Crippen molar-refractivity contribution in [3.05, 3.63) is 17.2 Å². The first-order chi connectivity index (χ1) is 6.65. The molecule has 0 saturated heterocycles. The van der Waals surface area contributed by atoms with Crippen LogP contribution in [0.3, 0.4) is 0 Å². The summed E-state index contributed by atoms with van der Waals surface area (Å²) in [5.74, 6) is 0.717. The first kappa shape index (κ1) is 10.8. The number of hydrogen-bond donors (Lipinski definition) is 4. The molecule has 4 N–H and O–H groups in total. The largest absolute Gasteiger partial charge is 0.595 e. The number of aliphatic hydroxyl groups is 1. The lowest BCUT2D eigenvalue weighted by Gasteiger charge is -2.15. The van der Waals surface area contributed by atoms with Crippen LogP contribution in [0.2, 0.25) is 0 Å². The van der Waals surface area contributed by atoms with Crippen LogP contribution in [0, 0.1) is 12.1 Å². The number of hydrogen-bond acceptors (Lipinski definition) is 6. The molecule has 1 atom stereocenters. The molecule has 0 bridgehead atoms. The van der Waals surface area contributed by atoms with Crippen LogP contribution in [0.15, 0.2) is 6.20 Å². The lowest BCUT2D eigenvalue weighted by molar-refractivity contribution is -0.991. The maximum Gasteiger partial charge on any atom is 0.225 e. The van der Waals surface area contributed by atoms with Gasteiger partial charge in [-0.05, 0) is 6.92 Å². The molecule has 0 saturated carbocycles. The van der Waals surface area contributed by atoms with Crippen molar-refractivity contribution in [2.45, 2.75) is 6.92 Å². The zero-order valence-electron chi connectivity index (χ0n) is 7.69. The summed E-state index contributed by atoms with van der Waals surface area (Å²) in [6, 6.07) is 0. The minimum atomic E-state index is -1.09. The maximum atomic E-state index is 10.7. The molecule has 7 heteroatoms. The molecule has 0 fully saturated rings. The van der Waals surface area contributed by atoms with E-state index in [9.17, 15) is 5.21 Å². The van der Waals surface area contributed by atoms with Crippen LogP contribution in [-0.2, 0) is 0 Å². The zero-order chi connectivity index (χ0) is 10.6. The molecule has 14 heavy (non-hydrogen) atoms. The molecule has 0 aliphatic heterocycles. The highest BCUT2D eigenvalue weighted by Crippen LogP contribution is 2.12. The lowest BCUT2D eigenvalue weighted by atomic mass is 10.4. The van der Waals surface area contributed by atoms with Gasteiger partial charge < -0.3 is 15.6 Å². The Morgan fingerprint density at radius 2 is 2.36 bits per heavy atom. The zero-order valence-corrected chi connectivity index (χ0v) is 7.69. The van der Waals surface area contributed by atoms with Gasteiger partial charge >= 0.3 is 0 Å². The highest BCUT2D eigenvalue weighted by molar-refractivity contribution is 5.53. The van der Waals surface area contributed by atoms with E-state index in [1.165, 1.54) is 6.20 Å². The number of nitrogens with one attached hydrogen (secondary N) is 2. The van der Waals surface area contributed by atoms with Crippen LogP contribution in [-0.4, -0.2) is 33.4 Å². The van der Waals surface area contributed by atoms with E-state index in [1.807, 2.05) is 0 Å². The van der Waals surface area contributed by atoms with Gasteiger partial charge in [0, 0.05) is 6.54 Å². The van der Waals surface area contributed by atoms with Gasteiger partial charge in [0.1, 0.15) is 5.82 Å². The van der Waals surface area contributed by atoms with E-state index < -0.39 is 5.23 Å². The monoisotopic (exact) mass is 200 g/mol. The van der Waals surface area contributed by atoms with Crippen LogP contribution in [0.4, 0.5) is 11.5 Å². The van der Waals surface area contributed by atoms with E-state index in [-0.39, 0.29) is 24.7 Å². The predicted octanol–water partition coefficient (Wildman–Crippen LogP) is -1.41. The predicted molar refractivity (Wildman–Crippen MR) is 48.1 cm³/mol. The van der Waals surface area contributed by atoms with E-state index in [0.717, 1.165) is 0 Å². The minimum Gasteiger partial charge on any atom is -0.595 e. The Balaban J connectivity index is 2.91. The smallest absolute Gasteiger partial charge is 0.225 e. The molecule has 0 amide bonds. The average Bonchev–Trinajstić information content (AvgIpc) is 2.14. The Labute approximate surface area is 80.6 Å². The fraction of sp³-hybridized carbons (Fsp3) is 0.429. The molecule has 0 aromatic carbocycles. The molecule has 1 rings (SSSR count). The number of aliphatic hydroxyl groups excluding tert-OH is 1. The molecule has 1 aromatic heterocycles. The number of aryl methyl sites for hydroxylation is 1.